The van der Waals surface area contributed by atoms with Gasteiger partial charge in [-0.3, -0.25) is 4.79 Å². The molecule has 0 fully saturated rings. The van der Waals surface area contributed by atoms with E-state index in [1.54, 1.807) is 0 Å². The monoisotopic (exact) mass is 433 g/mol. The molecule has 1 amide bonds. The van der Waals surface area contributed by atoms with Crippen molar-refractivity contribution in [3.05, 3.63) is 0 Å². The number of rotatable bonds is 21. The second-order valence-corrected chi connectivity index (χ2v) is 9.48. The van der Waals surface area contributed by atoms with Crippen LogP contribution < -0.4 is 5.32 Å². The van der Waals surface area contributed by atoms with Gasteiger partial charge in [0.1, 0.15) is 5.44 Å². The smallest absolute Gasteiger partial charge is 0.219 e. The molecule has 0 aliphatic heterocycles. The van der Waals surface area contributed by atoms with Gasteiger partial charge in [-0.2, -0.15) is 0 Å². The number of amides is 1. The van der Waals surface area contributed by atoms with Crippen molar-refractivity contribution in [3.63, 3.8) is 0 Å². The van der Waals surface area contributed by atoms with Gasteiger partial charge in [-0.1, -0.05) is 103 Å². The predicted octanol–water partition coefficient (Wildman–Crippen LogP) is 5.12. The van der Waals surface area contributed by atoms with Crippen LogP contribution in [0.5, 0.6) is 0 Å². The number of thioether (sulfide) groups is 1. The van der Waals surface area contributed by atoms with Crippen LogP contribution in [0, 0.1) is 0 Å². The van der Waals surface area contributed by atoms with Crippen LogP contribution in [-0.2, 0) is 4.79 Å². The van der Waals surface area contributed by atoms with Gasteiger partial charge < -0.3 is 20.6 Å². The van der Waals surface area contributed by atoms with Gasteiger partial charge in [0, 0.05) is 6.92 Å². The van der Waals surface area contributed by atoms with Crippen LogP contribution in [0.15, 0.2) is 0 Å². The molecule has 0 spiro atoms. The van der Waals surface area contributed by atoms with Gasteiger partial charge in [-0.05, 0) is 12.2 Å². The molecule has 0 aliphatic rings. The zero-order valence-corrected chi connectivity index (χ0v) is 19.8. The quantitative estimate of drug-likeness (QED) is 0.149. The second-order valence-electron chi connectivity index (χ2n) is 8.29. The van der Waals surface area contributed by atoms with Crippen molar-refractivity contribution in [3.8, 4) is 0 Å². The Morgan fingerprint density at radius 1 is 0.828 bits per heavy atom. The minimum Gasteiger partial charge on any atom is -0.391 e. The highest BCUT2D eigenvalue weighted by molar-refractivity contribution is 7.99. The number of aliphatic hydroxyl groups is 3. The number of unbranched alkanes of at least 4 members (excludes halogenated alkanes) is 15. The summed E-state index contributed by atoms with van der Waals surface area (Å²) in [6, 6.07) is 0. The third-order valence-corrected chi connectivity index (χ3v) is 6.55. The third kappa shape index (κ3) is 17.1. The van der Waals surface area contributed by atoms with E-state index < -0.39 is 23.7 Å². The van der Waals surface area contributed by atoms with Gasteiger partial charge >= 0.3 is 0 Å². The number of hydrogen-bond acceptors (Lipinski definition) is 5. The Bertz CT molecular complexity index is 384. The van der Waals surface area contributed by atoms with Gasteiger partial charge in [0.2, 0.25) is 5.91 Å². The molecular formula is C23H47NO4S. The summed E-state index contributed by atoms with van der Waals surface area (Å²) in [7, 11) is 0. The molecular weight excluding hydrogens is 386 g/mol. The Labute approximate surface area is 183 Å². The van der Waals surface area contributed by atoms with Crippen molar-refractivity contribution in [2.75, 3.05) is 12.4 Å². The molecule has 2 unspecified atom stereocenters. The van der Waals surface area contributed by atoms with Crippen molar-refractivity contribution in [1.29, 1.82) is 0 Å². The van der Waals surface area contributed by atoms with E-state index in [2.05, 4.69) is 12.2 Å². The van der Waals surface area contributed by atoms with Gasteiger partial charge in [-0.25, -0.2) is 0 Å². The Morgan fingerprint density at radius 3 is 1.55 bits per heavy atom. The molecule has 0 aromatic carbocycles. The van der Waals surface area contributed by atoms with Crippen molar-refractivity contribution in [1.82, 2.24) is 5.32 Å². The van der Waals surface area contributed by atoms with E-state index in [4.69, 9.17) is 0 Å². The largest absolute Gasteiger partial charge is 0.391 e. The van der Waals surface area contributed by atoms with Crippen molar-refractivity contribution in [2.45, 2.75) is 128 Å². The molecule has 0 saturated carbocycles. The van der Waals surface area contributed by atoms with Crippen molar-refractivity contribution < 1.29 is 20.1 Å². The minimum absolute atomic E-state index is 0.483. The first-order valence-electron chi connectivity index (χ1n) is 11.9. The molecule has 0 aromatic heterocycles. The van der Waals surface area contributed by atoms with Crippen LogP contribution in [0.1, 0.15) is 117 Å². The highest BCUT2D eigenvalue weighted by Crippen LogP contribution is 2.21. The molecule has 0 aliphatic carbocycles. The first-order chi connectivity index (χ1) is 14.0. The Morgan fingerprint density at radius 2 is 1.21 bits per heavy atom. The maximum Gasteiger partial charge on any atom is 0.219 e. The summed E-state index contributed by atoms with van der Waals surface area (Å²) in [6.45, 7) is 2.80. The number of aliphatic hydroxyl groups excluding tert-OH is 2. The molecule has 4 N–H and O–H groups in total. The Hall–Kier alpha value is -0.300. The molecule has 0 rings (SSSR count). The van der Waals surface area contributed by atoms with Crippen LogP contribution >= 0.6 is 11.8 Å². The fourth-order valence-corrected chi connectivity index (χ4v) is 4.47. The van der Waals surface area contributed by atoms with Crippen LogP contribution in [0.2, 0.25) is 0 Å². The Kier molecular flexibility index (Phi) is 19.4. The zero-order chi connectivity index (χ0) is 21.8. The first kappa shape index (κ1) is 28.7. The van der Waals surface area contributed by atoms with Gasteiger partial charge in [-0.15, -0.1) is 11.8 Å². The minimum atomic E-state index is -1.97. The lowest BCUT2D eigenvalue weighted by Gasteiger charge is -2.31. The maximum atomic E-state index is 11.1. The lowest BCUT2D eigenvalue weighted by Crippen LogP contribution is -2.57. The average Bonchev–Trinajstić information content (AvgIpc) is 2.69. The number of carbonyl (C=O) groups excluding carboxylic acids is 1. The molecule has 29 heavy (non-hydrogen) atoms. The summed E-state index contributed by atoms with van der Waals surface area (Å²) in [6.07, 6.45) is 21.1. The molecule has 5 nitrogen and oxygen atoms in total. The molecule has 6 heteroatoms. The highest BCUT2D eigenvalue weighted by atomic mass is 32.2. The lowest BCUT2D eigenvalue weighted by atomic mass is 10.0. The maximum absolute atomic E-state index is 11.1. The molecule has 0 radical (unpaired) electrons. The highest BCUT2D eigenvalue weighted by Gasteiger charge is 2.36. The van der Waals surface area contributed by atoms with E-state index in [-0.39, 0.29) is 0 Å². The van der Waals surface area contributed by atoms with Crippen LogP contribution in [0.3, 0.4) is 0 Å². The van der Waals surface area contributed by atoms with Crippen LogP contribution in [-0.4, -0.2) is 44.7 Å². The first-order valence-corrected chi connectivity index (χ1v) is 12.9. The Balaban J connectivity index is 3.38. The van der Waals surface area contributed by atoms with E-state index in [0.29, 0.717) is 5.75 Å². The summed E-state index contributed by atoms with van der Waals surface area (Å²) in [4.78, 5) is 11.1. The number of nitrogens with one attached hydrogen (secondary N) is 1. The van der Waals surface area contributed by atoms with E-state index >= 15 is 0 Å². The fourth-order valence-electron chi connectivity index (χ4n) is 3.47. The third-order valence-electron chi connectivity index (χ3n) is 5.32. The topological polar surface area (TPSA) is 89.8 Å². The summed E-state index contributed by atoms with van der Waals surface area (Å²) >= 11 is 1.17. The lowest BCUT2D eigenvalue weighted by molar-refractivity contribution is -0.137. The standard InChI is InChI=1S/C23H47NO4S/c1-3-4-5-6-7-8-9-10-11-12-13-14-15-16-17-18-19-29-22(27)23(28,20-25)24-21(2)26/h22,25,27-28H,3-20H2,1-2H3,(H,24,26). The summed E-state index contributed by atoms with van der Waals surface area (Å²) in [5, 5.41) is 31.4. The van der Waals surface area contributed by atoms with E-state index in [1.165, 1.54) is 109 Å². The van der Waals surface area contributed by atoms with E-state index in [0.717, 1.165) is 12.8 Å². The predicted molar refractivity (Wildman–Crippen MR) is 124 cm³/mol. The number of hydrogen-bond donors (Lipinski definition) is 4. The summed E-state index contributed by atoms with van der Waals surface area (Å²) in [5.74, 6) is 0.213. The van der Waals surface area contributed by atoms with E-state index in [9.17, 15) is 20.1 Å². The van der Waals surface area contributed by atoms with E-state index in [1.807, 2.05) is 0 Å². The van der Waals surface area contributed by atoms with Gasteiger partial charge in [0.15, 0.2) is 5.72 Å². The summed E-state index contributed by atoms with van der Waals surface area (Å²) in [5.41, 5.74) is -3.20. The SMILES string of the molecule is CCCCCCCCCCCCCCCCCCSC(O)C(O)(CO)NC(C)=O. The van der Waals surface area contributed by atoms with Crippen LogP contribution in [0.25, 0.3) is 0 Å². The molecule has 0 bridgehead atoms. The van der Waals surface area contributed by atoms with Gasteiger partial charge in [0.25, 0.3) is 0 Å². The zero-order valence-electron chi connectivity index (χ0n) is 19.0. The van der Waals surface area contributed by atoms with Crippen molar-refractivity contribution >= 4 is 17.7 Å². The van der Waals surface area contributed by atoms with Crippen molar-refractivity contribution in [2.24, 2.45) is 0 Å². The average molecular weight is 434 g/mol. The summed E-state index contributed by atoms with van der Waals surface area (Å²) < 4.78 is 0. The normalized spacial score (nSPS) is 14.5. The fraction of sp³-hybridized carbons (Fsp3) is 0.957. The molecule has 174 valence electrons. The molecule has 2 atom stereocenters. The molecule has 0 saturated heterocycles. The second kappa shape index (κ2) is 19.7. The van der Waals surface area contributed by atoms with Crippen LogP contribution in [0.4, 0.5) is 0 Å². The van der Waals surface area contributed by atoms with Gasteiger partial charge in [0.05, 0.1) is 6.61 Å². The molecule has 0 aromatic rings. The molecule has 0 heterocycles. The number of carbonyl (C=O) groups is 1.